The van der Waals surface area contributed by atoms with E-state index in [0.717, 1.165) is 6.42 Å². The summed E-state index contributed by atoms with van der Waals surface area (Å²) in [6, 6.07) is -0.792. The second-order valence-electron chi connectivity index (χ2n) is 5.48. The Bertz CT molecular complexity index is 428. The van der Waals surface area contributed by atoms with Gasteiger partial charge in [0.2, 0.25) is 11.8 Å². The number of nitrogens with zero attached hydrogens (tertiary/aromatic N) is 2. The molecule has 0 aromatic carbocycles. The molecule has 2 atom stereocenters. The van der Waals surface area contributed by atoms with Crippen LogP contribution in [0, 0.1) is 5.92 Å². The van der Waals surface area contributed by atoms with Gasteiger partial charge in [0.15, 0.2) is 0 Å². The summed E-state index contributed by atoms with van der Waals surface area (Å²) in [5.41, 5.74) is 5.29. The molecular weight excluding hydrogens is 278 g/mol. The summed E-state index contributed by atoms with van der Waals surface area (Å²) in [7, 11) is 0. The van der Waals surface area contributed by atoms with Gasteiger partial charge >= 0.3 is 5.97 Å². The molecule has 2 heterocycles. The normalized spacial score (nSPS) is 27.3. The number of hydrogen-bond donors (Lipinski definition) is 2. The fourth-order valence-corrected chi connectivity index (χ4v) is 2.76. The molecule has 2 rings (SSSR count). The van der Waals surface area contributed by atoms with Gasteiger partial charge in [-0.2, -0.15) is 0 Å². The van der Waals surface area contributed by atoms with E-state index in [2.05, 4.69) is 0 Å². The van der Waals surface area contributed by atoms with E-state index < -0.39 is 12.0 Å². The Morgan fingerprint density at radius 2 is 2.05 bits per heavy atom. The highest BCUT2D eigenvalue weighted by molar-refractivity contribution is 5.82. The fraction of sp³-hybridized carbons (Fsp3) is 0.769. The van der Waals surface area contributed by atoms with Gasteiger partial charge in [0, 0.05) is 19.6 Å². The summed E-state index contributed by atoms with van der Waals surface area (Å²) < 4.78 is 5.14. The highest BCUT2D eigenvalue weighted by Crippen LogP contribution is 2.17. The first kappa shape index (κ1) is 15.7. The lowest BCUT2D eigenvalue weighted by Crippen LogP contribution is -2.54. The van der Waals surface area contributed by atoms with Crippen LogP contribution in [0.5, 0.6) is 0 Å². The number of carboxylic acid groups (broad SMARTS) is 1. The molecule has 118 valence electrons. The lowest BCUT2D eigenvalue weighted by molar-refractivity contribution is -0.151. The number of ether oxygens (including phenoxy) is 1. The standard InChI is InChI=1S/C13H21N3O5/c14-12(18)9-2-1-3-16(6-9)11(17)7-15-4-5-21-8-10(15)13(19)20/h9-10H,1-8H2,(H2,14,18)(H,19,20). The summed E-state index contributed by atoms with van der Waals surface area (Å²) in [4.78, 5) is 37.9. The first-order valence-corrected chi connectivity index (χ1v) is 7.10. The number of carbonyl (C=O) groups is 3. The SMILES string of the molecule is NC(=O)C1CCCN(C(=O)CN2CCOCC2C(=O)O)C1. The second-order valence-corrected chi connectivity index (χ2v) is 5.48. The first-order valence-electron chi connectivity index (χ1n) is 7.10. The molecule has 2 saturated heterocycles. The number of morpholine rings is 1. The molecule has 0 aromatic rings. The van der Waals surface area contributed by atoms with Crippen LogP contribution in [0.1, 0.15) is 12.8 Å². The number of carboxylic acids is 1. The number of piperidine rings is 1. The highest BCUT2D eigenvalue weighted by Gasteiger charge is 2.33. The van der Waals surface area contributed by atoms with Crippen molar-refractivity contribution in [1.82, 2.24) is 9.80 Å². The zero-order valence-corrected chi connectivity index (χ0v) is 11.9. The molecule has 2 aliphatic heterocycles. The van der Waals surface area contributed by atoms with Gasteiger partial charge in [-0.1, -0.05) is 0 Å². The van der Waals surface area contributed by atoms with Crippen molar-refractivity contribution in [2.75, 3.05) is 39.4 Å². The van der Waals surface area contributed by atoms with Crippen molar-refractivity contribution in [3.8, 4) is 0 Å². The van der Waals surface area contributed by atoms with E-state index in [0.29, 0.717) is 32.7 Å². The van der Waals surface area contributed by atoms with Gasteiger partial charge in [-0.05, 0) is 12.8 Å². The number of primary amides is 1. The molecule has 0 saturated carbocycles. The predicted octanol–water partition coefficient (Wildman–Crippen LogP) is -1.50. The molecule has 3 N–H and O–H groups in total. The lowest BCUT2D eigenvalue weighted by Gasteiger charge is -2.36. The Morgan fingerprint density at radius 3 is 2.71 bits per heavy atom. The van der Waals surface area contributed by atoms with Crippen molar-refractivity contribution in [1.29, 1.82) is 0 Å². The maximum Gasteiger partial charge on any atom is 0.323 e. The van der Waals surface area contributed by atoms with Crippen molar-refractivity contribution < 1.29 is 24.2 Å². The van der Waals surface area contributed by atoms with Gasteiger partial charge in [-0.15, -0.1) is 0 Å². The van der Waals surface area contributed by atoms with Crippen LogP contribution in [0.4, 0.5) is 0 Å². The maximum atomic E-state index is 12.3. The topological polar surface area (TPSA) is 113 Å². The lowest BCUT2D eigenvalue weighted by atomic mass is 9.97. The van der Waals surface area contributed by atoms with Crippen molar-refractivity contribution in [3.63, 3.8) is 0 Å². The summed E-state index contributed by atoms with van der Waals surface area (Å²) >= 11 is 0. The van der Waals surface area contributed by atoms with E-state index in [1.807, 2.05) is 0 Å². The zero-order chi connectivity index (χ0) is 15.4. The summed E-state index contributed by atoms with van der Waals surface area (Å²) in [5.74, 6) is -1.84. The molecule has 0 bridgehead atoms. The average Bonchev–Trinajstić information content (AvgIpc) is 2.47. The number of carbonyl (C=O) groups excluding carboxylic acids is 2. The van der Waals surface area contributed by atoms with Crippen molar-refractivity contribution >= 4 is 17.8 Å². The van der Waals surface area contributed by atoms with E-state index in [-0.39, 0.29) is 30.9 Å². The molecule has 0 aromatic heterocycles. The number of hydrogen-bond acceptors (Lipinski definition) is 5. The van der Waals surface area contributed by atoms with Gasteiger partial charge in [-0.3, -0.25) is 19.3 Å². The van der Waals surface area contributed by atoms with Crippen LogP contribution in [0.25, 0.3) is 0 Å². The van der Waals surface area contributed by atoms with Gasteiger partial charge in [0.1, 0.15) is 6.04 Å². The van der Waals surface area contributed by atoms with Crippen LogP contribution in [-0.2, 0) is 19.1 Å². The molecule has 2 unspecified atom stereocenters. The van der Waals surface area contributed by atoms with Crippen molar-refractivity contribution in [2.24, 2.45) is 11.7 Å². The van der Waals surface area contributed by atoms with Crippen LogP contribution in [0.15, 0.2) is 0 Å². The minimum Gasteiger partial charge on any atom is -0.480 e. The molecule has 0 spiro atoms. The van der Waals surface area contributed by atoms with Gasteiger partial charge < -0.3 is 20.5 Å². The number of nitrogens with two attached hydrogens (primary N) is 1. The number of rotatable bonds is 4. The molecule has 0 aliphatic carbocycles. The maximum absolute atomic E-state index is 12.3. The molecule has 0 radical (unpaired) electrons. The molecule has 2 amide bonds. The smallest absolute Gasteiger partial charge is 0.323 e. The Hall–Kier alpha value is -1.67. The first-order chi connectivity index (χ1) is 9.99. The van der Waals surface area contributed by atoms with Crippen LogP contribution >= 0.6 is 0 Å². The Balaban J connectivity index is 1.93. The number of aliphatic carboxylic acids is 1. The van der Waals surface area contributed by atoms with Crippen molar-refractivity contribution in [3.05, 3.63) is 0 Å². The minimum absolute atomic E-state index is 0.0335. The van der Waals surface area contributed by atoms with Crippen LogP contribution in [0.2, 0.25) is 0 Å². The van der Waals surface area contributed by atoms with E-state index >= 15 is 0 Å². The Labute approximate surface area is 122 Å². The third-order valence-corrected chi connectivity index (χ3v) is 4.04. The summed E-state index contributed by atoms with van der Waals surface area (Å²) in [5, 5.41) is 9.14. The molecule has 8 heteroatoms. The van der Waals surface area contributed by atoms with Crippen molar-refractivity contribution in [2.45, 2.75) is 18.9 Å². The zero-order valence-electron chi connectivity index (χ0n) is 11.9. The van der Waals surface area contributed by atoms with Crippen LogP contribution in [0.3, 0.4) is 0 Å². The fourth-order valence-electron chi connectivity index (χ4n) is 2.76. The van der Waals surface area contributed by atoms with E-state index in [1.165, 1.54) is 0 Å². The van der Waals surface area contributed by atoms with Gasteiger partial charge in [0.25, 0.3) is 0 Å². The largest absolute Gasteiger partial charge is 0.480 e. The Kier molecular flexibility index (Phi) is 5.13. The van der Waals surface area contributed by atoms with E-state index in [9.17, 15) is 14.4 Å². The highest BCUT2D eigenvalue weighted by atomic mass is 16.5. The number of likely N-dealkylation sites (tertiary alicyclic amines) is 1. The third-order valence-electron chi connectivity index (χ3n) is 4.04. The summed E-state index contributed by atoms with van der Waals surface area (Å²) in [6.45, 7) is 1.87. The number of amides is 2. The van der Waals surface area contributed by atoms with Crippen LogP contribution < -0.4 is 5.73 Å². The van der Waals surface area contributed by atoms with E-state index in [1.54, 1.807) is 9.80 Å². The monoisotopic (exact) mass is 299 g/mol. The second kappa shape index (κ2) is 6.86. The molecule has 2 fully saturated rings. The van der Waals surface area contributed by atoms with E-state index in [4.69, 9.17) is 15.6 Å². The van der Waals surface area contributed by atoms with Gasteiger partial charge in [-0.25, -0.2) is 0 Å². The average molecular weight is 299 g/mol. The van der Waals surface area contributed by atoms with Gasteiger partial charge in [0.05, 0.1) is 25.7 Å². The molecule has 21 heavy (non-hydrogen) atoms. The molecule has 2 aliphatic rings. The third kappa shape index (κ3) is 3.92. The van der Waals surface area contributed by atoms with Crippen LogP contribution in [-0.4, -0.2) is 78.1 Å². The minimum atomic E-state index is -0.990. The predicted molar refractivity (Wildman–Crippen MR) is 72.3 cm³/mol. The molecular formula is C13H21N3O5. The Morgan fingerprint density at radius 1 is 1.29 bits per heavy atom. The molecule has 8 nitrogen and oxygen atoms in total. The quantitative estimate of drug-likeness (QED) is 0.653. The summed E-state index contributed by atoms with van der Waals surface area (Å²) in [6.07, 6.45) is 1.44.